The summed E-state index contributed by atoms with van der Waals surface area (Å²) in [6, 6.07) is 22.3. The van der Waals surface area contributed by atoms with Crippen molar-refractivity contribution in [2.75, 3.05) is 5.32 Å². The molecule has 1 unspecified atom stereocenters. The van der Waals surface area contributed by atoms with Crippen molar-refractivity contribution in [3.8, 4) is 11.1 Å². The Kier molecular flexibility index (Phi) is 4.36. The number of rotatable bonds is 3. The summed E-state index contributed by atoms with van der Waals surface area (Å²) >= 11 is 6.30. The lowest BCUT2D eigenvalue weighted by atomic mass is 9.96. The Morgan fingerprint density at radius 2 is 1.76 bits per heavy atom. The van der Waals surface area contributed by atoms with Crippen LogP contribution in [-0.2, 0) is 6.54 Å². The molecule has 0 bridgehead atoms. The lowest BCUT2D eigenvalue weighted by molar-refractivity contribution is 0.861. The van der Waals surface area contributed by atoms with Gasteiger partial charge in [0.25, 0.3) is 0 Å². The van der Waals surface area contributed by atoms with Crippen molar-refractivity contribution in [1.29, 1.82) is 0 Å². The van der Waals surface area contributed by atoms with Crippen LogP contribution in [0.4, 0.5) is 5.69 Å². The number of halogens is 1. The van der Waals surface area contributed by atoms with Crippen LogP contribution in [0, 0.1) is 0 Å². The number of pyridine rings is 1. The monoisotopic (exact) mass is 348 g/mol. The van der Waals surface area contributed by atoms with Crippen LogP contribution >= 0.6 is 11.6 Å². The molecule has 0 amide bonds. The van der Waals surface area contributed by atoms with E-state index in [-0.39, 0.29) is 0 Å². The van der Waals surface area contributed by atoms with Gasteiger partial charge in [-0.25, -0.2) is 0 Å². The minimum atomic E-state index is -0.402. The quantitative estimate of drug-likeness (QED) is 0.550. The van der Waals surface area contributed by atoms with Gasteiger partial charge in [-0.3, -0.25) is 9.98 Å². The van der Waals surface area contributed by atoms with E-state index >= 15 is 0 Å². The summed E-state index contributed by atoms with van der Waals surface area (Å²) in [5.74, 6) is 0.777. The molecule has 2 N–H and O–H groups in total. The molecular formula is C20H17ClN4. The third kappa shape index (κ3) is 3.35. The van der Waals surface area contributed by atoms with E-state index in [4.69, 9.17) is 16.6 Å². The Bertz CT molecular complexity index is 894. The van der Waals surface area contributed by atoms with E-state index in [1.54, 1.807) is 6.20 Å². The van der Waals surface area contributed by atoms with Gasteiger partial charge in [0, 0.05) is 17.4 Å². The summed E-state index contributed by atoms with van der Waals surface area (Å²) in [6.45, 7) is 0.495. The number of hydrogen-bond acceptors (Lipinski definition) is 3. The van der Waals surface area contributed by atoms with Crippen LogP contribution in [0.15, 0.2) is 77.9 Å². The first-order chi connectivity index (χ1) is 12.3. The van der Waals surface area contributed by atoms with E-state index < -0.39 is 5.62 Å². The highest BCUT2D eigenvalue weighted by Gasteiger charge is 2.23. The lowest BCUT2D eigenvalue weighted by Crippen LogP contribution is -2.42. The van der Waals surface area contributed by atoms with Crippen molar-refractivity contribution in [3.05, 3.63) is 84.2 Å². The highest BCUT2D eigenvalue weighted by molar-refractivity contribution is 6.25. The molecule has 25 heavy (non-hydrogen) atoms. The van der Waals surface area contributed by atoms with Gasteiger partial charge in [0.05, 0.1) is 12.2 Å². The zero-order chi connectivity index (χ0) is 17.1. The van der Waals surface area contributed by atoms with Gasteiger partial charge in [-0.2, -0.15) is 0 Å². The number of benzene rings is 2. The van der Waals surface area contributed by atoms with Crippen LogP contribution in [0.2, 0.25) is 0 Å². The summed E-state index contributed by atoms with van der Waals surface area (Å²) in [5, 5.41) is 6.49. The molecule has 1 aliphatic rings. The molecule has 0 aliphatic carbocycles. The van der Waals surface area contributed by atoms with Gasteiger partial charge in [0.15, 0.2) is 5.62 Å². The Morgan fingerprint density at radius 1 is 0.920 bits per heavy atom. The maximum atomic E-state index is 6.30. The standard InChI is InChI=1S/C20H17ClN4/c21-20-24-17-11-6-10-16(14-7-2-1-3-8-14)18(17)19(25-20)23-13-15-9-4-5-12-22-15/h1-12,20,24H,13H2,(H,23,25). The first-order valence-corrected chi connectivity index (χ1v) is 8.55. The molecule has 3 aromatic rings. The third-order valence-corrected chi connectivity index (χ3v) is 4.28. The van der Waals surface area contributed by atoms with Crippen LogP contribution in [0.3, 0.4) is 0 Å². The fourth-order valence-electron chi connectivity index (χ4n) is 2.93. The minimum Gasteiger partial charge on any atom is -0.352 e. The number of hydrogen-bond donors (Lipinski definition) is 2. The zero-order valence-corrected chi connectivity index (χ0v) is 14.2. The van der Waals surface area contributed by atoms with Crippen LogP contribution in [0.5, 0.6) is 0 Å². The van der Waals surface area contributed by atoms with Gasteiger partial charge < -0.3 is 10.6 Å². The van der Waals surface area contributed by atoms with Gasteiger partial charge >= 0.3 is 0 Å². The molecule has 1 aromatic heterocycles. The van der Waals surface area contributed by atoms with E-state index in [2.05, 4.69) is 33.8 Å². The van der Waals surface area contributed by atoms with Crippen molar-refractivity contribution in [2.24, 2.45) is 4.99 Å². The van der Waals surface area contributed by atoms with Gasteiger partial charge in [0.1, 0.15) is 5.84 Å². The lowest BCUT2D eigenvalue weighted by Gasteiger charge is -2.28. The van der Waals surface area contributed by atoms with Crippen LogP contribution in [0.1, 0.15) is 11.3 Å². The number of amidine groups is 1. The predicted molar refractivity (Wildman–Crippen MR) is 103 cm³/mol. The summed E-state index contributed by atoms with van der Waals surface area (Å²) in [6.07, 6.45) is 1.78. The number of alkyl halides is 1. The molecule has 0 spiro atoms. The molecule has 0 radical (unpaired) electrons. The fraction of sp³-hybridized carbons (Fsp3) is 0.100. The summed E-state index contributed by atoms with van der Waals surface area (Å²) in [4.78, 5) is 9.09. The van der Waals surface area contributed by atoms with Crippen molar-refractivity contribution in [1.82, 2.24) is 10.3 Å². The van der Waals surface area contributed by atoms with E-state index in [0.29, 0.717) is 6.54 Å². The molecule has 2 heterocycles. The molecule has 5 heteroatoms. The molecule has 0 saturated carbocycles. The van der Waals surface area contributed by atoms with Gasteiger partial charge in [-0.15, -0.1) is 0 Å². The molecule has 1 atom stereocenters. The summed E-state index contributed by atoms with van der Waals surface area (Å²) < 4.78 is 0. The summed E-state index contributed by atoms with van der Waals surface area (Å²) in [7, 11) is 0. The largest absolute Gasteiger partial charge is 0.352 e. The second-order valence-electron chi connectivity index (χ2n) is 5.73. The number of nitrogens with one attached hydrogen (secondary N) is 2. The Balaban J connectivity index is 1.78. The van der Waals surface area contributed by atoms with Crippen LogP contribution < -0.4 is 10.6 Å². The van der Waals surface area contributed by atoms with Gasteiger partial charge in [-0.1, -0.05) is 60.1 Å². The Morgan fingerprint density at radius 3 is 2.56 bits per heavy atom. The highest BCUT2D eigenvalue weighted by Crippen LogP contribution is 2.32. The molecule has 1 aliphatic heterocycles. The first kappa shape index (κ1) is 15.7. The second kappa shape index (κ2) is 6.95. The van der Waals surface area contributed by atoms with E-state index in [0.717, 1.165) is 33.9 Å². The average Bonchev–Trinajstić information content (AvgIpc) is 2.67. The average molecular weight is 349 g/mol. The van der Waals surface area contributed by atoms with E-state index in [1.165, 1.54) is 0 Å². The first-order valence-electron chi connectivity index (χ1n) is 8.11. The molecule has 0 fully saturated rings. The van der Waals surface area contributed by atoms with Gasteiger partial charge in [-0.05, 0) is 29.3 Å². The van der Waals surface area contributed by atoms with Crippen molar-refractivity contribution >= 4 is 23.1 Å². The van der Waals surface area contributed by atoms with Crippen molar-refractivity contribution < 1.29 is 0 Å². The molecule has 124 valence electrons. The van der Waals surface area contributed by atoms with Crippen molar-refractivity contribution in [3.63, 3.8) is 0 Å². The van der Waals surface area contributed by atoms with Crippen LogP contribution in [0.25, 0.3) is 11.1 Å². The highest BCUT2D eigenvalue weighted by atomic mass is 35.5. The predicted octanol–water partition coefficient (Wildman–Crippen LogP) is 4.23. The SMILES string of the molecule is ClC1NC(=NCc2ccccn2)c2c(cccc2-c2ccccc2)N1. The normalized spacial score (nSPS) is 17.5. The molecule has 0 saturated heterocycles. The molecule has 2 aromatic carbocycles. The van der Waals surface area contributed by atoms with E-state index in [1.807, 2.05) is 48.5 Å². The van der Waals surface area contributed by atoms with E-state index in [9.17, 15) is 0 Å². The third-order valence-electron chi connectivity index (χ3n) is 4.06. The smallest absolute Gasteiger partial charge is 0.176 e. The molecular weight excluding hydrogens is 332 g/mol. The number of fused-ring (bicyclic) bond motifs is 1. The zero-order valence-electron chi connectivity index (χ0n) is 13.5. The number of nitrogens with zero attached hydrogens (tertiary/aromatic N) is 2. The van der Waals surface area contributed by atoms with Crippen LogP contribution in [-0.4, -0.2) is 16.4 Å². The molecule has 4 nitrogen and oxygen atoms in total. The number of anilines is 1. The number of aromatic nitrogens is 1. The van der Waals surface area contributed by atoms with Gasteiger partial charge in [0.2, 0.25) is 0 Å². The Labute approximate surface area is 151 Å². The number of aliphatic imine (C=N–C) groups is 1. The minimum absolute atomic E-state index is 0.402. The fourth-order valence-corrected chi connectivity index (χ4v) is 3.15. The summed E-state index contributed by atoms with van der Waals surface area (Å²) in [5.41, 5.74) is 4.77. The maximum Gasteiger partial charge on any atom is 0.176 e. The second-order valence-corrected chi connectivity index (χ2v) is 6.17. The molecule has 4 rings (SSSR count). The topological polar surface area (TPSA) is 49.3 Å². The van der Waals surface area contributed by atoms with Crippen molar-refractivity contribution in [2.45, 2.75) is 12.2 Å². The maximum absolute atomic E-state index is 6.30. The Hall–Kier alpha value is -2.85.